The van der Waals surface area contributed by atoms with Crippen LogP contribution in [0, 0.1) is 11.8 Å². The van der Waals surface area contributed by atoms with E-state index in [0.29, 0.717) is 0 Å². The maximum Gasteiger partial charge on any atom is 2.00 e. The van der Waals surface area contributed by atoms with Crippen LogP contribution in [0.1, 0.15) is 0 Å². The average molecular weight is 168 g/mol. The molecule has 0 atom stereocenters. The van der Waals surface area contributed by atoms with E-state index in [1.807, 2.05) is 0 Å². The van der Waals surface area contributed by atoms with Crippen molar-refractivity contribution in [1.82, 2.24) is 0 Å². The topological polar surface area (TPSA) is 23.8 Å². The SMILES string of the molecule is [C-]#N.[K+].[Rh+2]. The van der Waals surface area contributed by atoms with E-state index in [1.54, 1.807) is 0 Å². The molecule has 0 amide bonds. The molecule has 17 valence electrons. The van der Waals surface area contributed by atoms with Crippen LogP contribution in [-0.2, 0) is 19.5 Å². The van der Waals surface area contributed by atoms with Gasteiger partial charge in [-0.3, -0.25) is 0 Å². The Morgan fingerprint density at radius 3 is 1.25 bits per heavy atom. The fourth-order valence-electron chi connectivity index (χ4n) is 0. The van der Waals surface area contributed by atoms with Gasteiger partial charge in [-0.2, -0.15) is 0 Å². The maximum atomic E-state index is 6.25. The molecule has 0 aromatic carbocycles. The molecule has 0 aromatic heterocycles. The summed E-state index contributed by atoms with van der Waals surface area (Å²) in [6, 6.07) is 0. The smallest absolute Gasteiger partial charge is 0.512 e. The first-order chi connectivity index (χ1) is 1.00. The summed E-state index contributed by atoms with van der Waals surface area (Å²) in [6.07, 6.45) is 0. The zero-order valence-electron chi connectivity index (χ0n) is 2.28. The Kier molecular flexibility index (Phi) is 93.6. The molecule has 0 saturated heterocycles. The van der Waals surface area contributed by atoms with E-state index in [-0.39, 0.29) is 70.9 Å². The number of nitrogens with zero attached hydrogens (tertiary/aromatic N) is 1. The van der Waals surface area contributed by atoms with Crippen LogP contribution in [0.4, 0.5) is 0 Å². The van der Waals surface area contributed by atoms with Crippen LogP contribution in [0.25, 0.3) is 0 Å². The molecule has 4 heavy (non-hydrogen) atoms. The van der Waals surface area contributed by atoms with Crippen molar-refractivity contribution in [3.05, 3.63) is 6.57 Å². The van der Waals surface area contributed by atoms with Gasteiger partial charge in [0, 0.05) is 0 Å². The maximum absolute atomic E-state index is 6.25. The minimum absolute atomic E-state index is 0. The Morgan fingerprint density at radius 1 is 1.25 bits per heavy atom. The molecule has 0 heterocycles. The Labute approximate surface area is 80.9 Å². The summed E-state index contributed by atoms with van der Waals surface area (Å²) >= 11 is 0. The minimum Gasteiger partial charge on any atom is -0.512 e. The van der Waals surface area contributed by atoms with Crippen LogP contribution in [0.5, 0.6) is 0 Å². The summed E-state index contributed by atoms with van der Waals surface area (Å²) in [5.74, 6) is 0. The predicted molar refractivity (Wildman–Crippen MR) is 4.97 cm³/mol. The summed E-state index contributed by atoms with van der Waals surface area (Å²) in [6.45, 7) is 4.75. The van der Waals surface area contributed by atoms with Crippen LogP contribution < -0.4 is 51.4 Å². The van der Waals surface area contributed by atoms with Crippen LogP contribution in [0.2, 0.25) is 0 Å². The van der Waals surface area contributed by atoms with Gasteiger partial charge in [-0.15, -0.1) is 0 Å². The van der Waals surface area contributed by atoms with E-state index < -0.39 is 0 Å². The Balaban J connectivity index is -0.00000000500. The van der Waals surface area contributed by atoms with Gasteiger partial charge in [0.1, 0.15) is 0 Å². The second-order valence-corrected chi connectivity index (χ2v) is 0. The normalized spacial score (nSPS) is 0.500. The predicted octanol–water partition coefficient (Wildman–Crippen LogP) is -2.90. The van der Waals surface area contributed by atoms with Gasteiger partial charge in [0.15, 0.2) is 0 Å². The molecular formula is CKNRh+2. The molecular weight excluding hydrogens is 168 g/mol. The van der Waals surface area contributed by atoms with Crippen molar-refractivity contribution in [2.24, 2.45) is 0 Å². The third-order valence-electron chi connectivity index (χ3n) is 0. The van der Waals surface area contributed by atoms with Gasteiger partial charge in [-0.25, -0.2) is 0 Å². The standard InChI is InChI=1S/CN.K.Rh/c1-2;;/q-1;+1;+2. The molecule has 0 aliphatic heterocycles. The van der Waals surface area contributed by atoms with Gasteiger partial charge in [0.2, 0.25) is 0 Å². The third kappa shape index (κ3) is 9.26. The first-order valence-electron chi connectivity index (χ1n) is 0.224. The molecule has 0 aliphatic carbocycles. The van der Waals surface area contributed by atoms with E-state index in [4.69, 9.17) is 11.8 Å². The summed E-state index contributed by atoms with van der Waals surface area (Å²) in [7, 11) is 0. The van der Waals surface area contributed by atoms with Crippen molar-refractivity contribution in [2.75, 3.05) is 0 Å². The van der Waals surface area contributed by atoms with Crippen LogP contribution in [0.15, 0.2) is 0 Å². The molecule has 0 rings (SSSR count). The van der Waals surface area contributed by atoms with Crippen LogP contribution >= 0.6 is 0 Å². The molecule has 0 unspecified atom stereocenters. The van der Waals surface area contributed by atoms with Gasteiger partial charge in [-0.05, 0) is 0 Å². The van der Waals surface area contributed by atoms with Gasteiger partial charge >= 0.3 is 70.9 Å². The molecule has 0 spiro atoms. The summed E-state index contributed by atoms with van der Waals surface area (Å²) in [5.41, 5.74) is 0. The third-order valence-corrected chi connectivity index (χ3v) is 0. The zero-order valence-corrected chi connectivity index (χ0v) is 7.04. The molecule has 0 bridgehead atoms. The number of rotatable bonds is 0. The Morgan fingerprint density at radius 2 is 1.25 bits per heavy atom. The minimum atomic E-state index is 0. The summed E-state index contributed by atoms with van der Waals surface area (Å²) in [5, 5.41) is 6.25. The molecule has 1 radical (unpaired) electrons. The largest absolute Gasteiger partial charge is 2.00 e. The van der Waals surface area contributed by atoms with Crippen molar-refractivity contribution >= 4 is 0 Å². The number of hydrogen-bond donors (Lipinski definition) is 0. The first-order valence-corrected chi connectivity index (χ1v) is 0.224. The Bertz CT molecular complexity index is 12.8. The van der Waals surface area contributed by atoms with Gasteiger partial charge < -0.3 is 11.8 Å². The van der Waals surface area contributed by atoms with E-state index >= 15 is 0 Å². The molecule has 0 saturated carbocycles. The van der Waals surface area contributed by atoms with Crippen molar-refractivity contribution in [2.45, 2.75) is 0 Å². The van der Waals surface area contributed by atoms with Crippen LogP contribution in [-0.4, -0.2) is 0 Å². The van der Waals surface area contributed by atoms with E-state index in [0.717, 1.165) is 0 Å². The Hall–Kier alpha value is 1.75. The molecule has 0 aliphatic rings. The summed E-state index contributed by atoms with van der Waals surface area (Å²) < 4.78 is 0. The van der Waals surface area contributed by atoms with Gasteiger partial charge in [0.05, 0.1) is 0 Å². The monoisotopic (exact) mass is 168 g/mol. The van der Waals surface area contributed by atoms with Crippen molar-refractivity contribution < 1.29 is 70.9 Å². The quantitative estimate of drug-likeness (QED) is 0.281. The van der Waals surface area contributed by atoms with E-state index in [9.17, 15) is 0 Å². The molecule has 3 heteroatoms. The van der Waals surface area contributed by atoms with Crippen LogP contribution in [0.3, 0.4) is 0 Å². The van der Waals surface area contributed by atoms with Crippen molar-refractivity contribution in [1.29, 1.82) is 5.26 Å². The fourth-order valence-corrected chi connectivity index (χ4v) is 0. The van der Waals surface area contributed by atoms with Gasteiger partial charge in [-0.1, -0.05) is 0 Å². The second-order valence-electron chi connectivity index (χ2n) is 0. The van der Waals surface area contributed by atoms with E-state index in [2.05, 4.69) is 0 Å². The molecule has 0 aromatic rings. The molecule has 0 N–H and O–H groups in total. The number of hydrogen-bond acceptors (Lipinski definition) is 1. The van der Waals surface area contributed by atoms with Crippen molar-refractivity contribution in [3.8, 4) is 0 Å². The van der Waals surface area contributed by atoms with Gasteiger partial charge in [0.25, 0.3) is 0 Å². The van der Waals surface area contributed by atoms with Crippen molar-refractivity contribution in [3.63, 3.8) is 0 Å². The summed E-state index contributed by atoms with van der Waals surface area (Å²) in [4.78, 5) is 0. The fraction of sp³-hybridized carbons (Fsp3) is 0. The zero-order chi connectivity index (χ0) is 2.00. The molecule has 1 nitrogen and oxygen atoms in total. The second kappa shape index (κ2) is 21.8. The van der Waals surface area contributed by atoms with E-state index in [1.165, 1.54) is 0 Å². The average Bonchev–Trinajstić information content (AvgIpc) is 1.00. The molecule has 0 fully saturated rings. The first kappa shape index (κ1) is 17.2.